The first-order chi connectivity index (χ1) is 12.5. The third kappa shape index (κ3) is 4.81. The highest BCUT2D eigenvalue weighted by molar-refractivity contribution is 7.89. The van der Waals surface area contributed by atoms with E-state index in [4.69, 9.17) is 4.74 Å². The molecule has 27 heavy (non-hydrogen) atoms. The van der Waals surface area contributed by atoms with Crippen molar-refractivity contribution in [2.45, 2.75) is 24.7 Å². The molecule has 1 fully saturated rings. The zero-order valence-corrected chi connectivity index (χ0v) is 17.9. The van der Waals surface area contributed by atoms with E-state index in [1.807, 2.05) is 7.05 Å². The van der Waals surface area contributed by atoms with Gasteiger partial charge in [-0.05, 0) is 68.9 Å². The SMILES string of the molecule is CCOC(=O)c1cc2cc(S(=O)(=O)N3CCC(CNC)CC3)ccc2s1.Cl. The first-order valence-corrected chi connectivity index (χ1v) is 11.1. The van der Waals surface area contributed by atoms with Gasteiger partial charge in [-0.15, -0.1) is 23.7 Å². The monoisotopic (exact) mass is 432 g/mol. The molecule has 0 atom stereocenters. The molecule has 0 unspecified atom stereocenters. The summed E-state index contributed by atoms with van der Waals surface area (Å²) >= 11 is 1.32. The lowest BCUT2D eigenvalue weighted by molar-refractivity contribution is 0.0532. The molecule has 1 aliphatic rings. The number of hydrogen-bond donors (Lipinski definition) is 1. The summed E-state index contributed by atoms with van der Waals surface area (Å²) in [6, 6.07) is 6.76. The van der Waals surface area contributed by atoms with Crippen LogP contribution in [0.4, 0.5) is 0 Å². The first-order valence-electron chi connectivity index (χ1n) is 8.81. The first kappa shape index (κ1) is 22.1. The van der Waals surface area contributed by atoms with E-state index in [1.54, 1.807) is 35.5 Å². The second-order valence-corrected chi connectivity index (χ2v) is 9.46. The van der Waals surface area contributed by atoms with Gasteiger partial charge in [-0.3, -0.25) is 0 Å². The molecule has 1 aliphatic heterocycles. The fourth-order valence-electron chi connectivity index (χ4n) is 3.28. The molecule has 0 saturated carbocycles. The van der Waals surface area contributed by atoms with Gasteiger partial charge in [0.2, 0.25) is 10.0 Å². The van der Waals surface area contributed by atoms with Gasteiger partial charge in [-0.25, -0.2) is 13.2 Å². The number of thiophene rings is 1. The molecule has 1 aromatic carbocycles. The van der Waals surface area contributed by atoms with Crippen LogP contribution in [-0.4, -0.2) is 52.0 Å². The summed E-state index contributed by atoms with van der Waals surface area (Å²) in [6.07, 6.45) is 1.74. The van der Waals surface area contributed by atoms with Crippen LogP contribution in [0, 0.1) is 5.92 Å². The number of carbonyl (C=O) groups is 1. The molecule has 0 bridgehead atoms. The number of benzene rings is 1. The number of nitrogens with zero attached hydrogens (tertiary/aromatic N) is 1. The van der Waals surface area contributed by atoms with Crippen LogP contribution < -0.4 is 5.32 Å². The number of hydrogen-bond acceptors (Lipinski definition) is 6. The summed E-state index contributed by atoms with van der Waals surface area (Å²) in [5, 5.41) is 3.91. The summed E-state index contributed by atoms with van der Waals surface area (Å²) in [7, 11) is -1.59. The minimum Gasteiger partial charge on any atom is -0.462 e. The summed E-state index contributed by atoms with van der Waals surface area (Å²) in [6.45, 7) is 4.09. The van der Waals surface area contributed by atoms with Crippen molar-refractivity contribution < 1.29 is 17.9 Å². The van der Waals surface area contributed by atoms with E-state index in [-0.39, 0.29) is 23.3 Å². The van der Waals surface area contributed by atoms with Gasteiger partial charge in [-0.1, -0.05) is 0 Å². The van der Waals surface area contributed by atoms with Crippen molar-refractivity contribution in [1.82, 2.24) is 9.62 Å². The normalized spacial score (nSPS) is 16.2. The van der Waals surface area contributed by atoms with Crippen molar-refractivity contribution in [2.75, 3.05) is 33.3 Å². The third-order valence-electron chi connectivity index (χ3n) is 4.67. The molecule has 9 heteroatoms. The Kier molecular flexibility index (Phi) is 7.64. The second kappa shape index (κ2) is 9.34. The van der Waals surface area contributed by atoms with E-state index < -0.39 is 10.0 Å². The van der Waals surface area contributed by atoms with Gasteiger partial charge in [-0.2, -0.15) is 4.31 Å². The molecule has 0 spiro atoms. The molecule has 0 aliphatic carbocycles. The van der Waals surface area contributed by atoms with Gasteiger partial charge in [0.1, 0.15) is 4.88 Å². The van der Waals surface area contributed by atoms with E-state index in [2.05, 4.69) is 5.32 Å². The fourth-order valence-corrected chi connectivity index (χ4v) is 5.72. The van der Waals surface area contributed by atoms with Crippen molar-refractivity contribution in [2.24, 2.45) is 5.92 Å². The van der Waals surface area contributed by atoms with E-state index >= 15 is 0 Å². The van der Waals surface area contributed by atoms with Crippen LogP contribution in [0.25, 0.3) is 10.1 Å². The maximum absolute atomic E-state index is 13.0. The molecule has 0 radical (unpaired) electrons. The quantitative estimate of drug-likeness (QED) is 0.710. The average molecular weight is 433 g/mol. The highest BCUT2D eigenvalue weighted by atomic mass is 35.5. The number of fused-ring (bicyclic) bond motifs is 1. The standard InChI is InChI=1S/C18H24N2O4S2.ClH/c1-3-24-18(21)17-11-14-10-15(4-5-16(14)25-17)26(22,23)20-8-6-13(7-9-20)12-19-2;/h4-5,10-11,13,19H,3,6-9,12H2,1-2H3;1H. The lowest BCUT2D eigenvalue weighted by atomic mass is 9.98. The van der Waals surface area contributed by atoms with Crippen molar-refractivity contribution >= 4 is 49.8 Å². The molecular formula is C18H25ClN2O4S2. The predicted octanol–water partition coefficient (Wildman–Crippen LogP) is 3.12. The minimum atomic E-state index is -3.51. The van der Waals surface area contributed by atoms with Crippen LogP contribution in [0.1, 0.15) is 29.4 Å². The number of halogens is 1. The second-order valence-electron chi connectivity index (χ2n) is 6.44. The maximum Gasteiger partial charge on any atom is 0.348 e. The molecule has 1 aromatic heterocycles. The molecule has 1 N–H and O–H groups in total. The Balaban J connectivity index is 0.00000261. The summed E-state index contributed by atoms with van der Waals surface area (Å²) in [5.74, 6) is 0.155. The maximum atomic E-state index is 13.0. The van der Waals surface area contributed by atoms with Gasteiger partial charge >= 0.3 is 5.97 Å². The van der Waals surface area contributed by atoms with E-state index in [0.717, 1.165) is 29.5 Å². The van der Waals surface area contributed by atoms with Crippen molar-refractivity contribution in [3.63, 3.8) is 0 Å². The van der Waals surface area contributed by atoms with E-state index in [9.17, 15) is 13.2 Å². The molecule has 3 rings (SSSR count). The Morgan fingerprint density at radius 2 is 2.00 bits per heavy atom. The minimum absolute atomic E-state index is 0. The zero-order chi connectivity index (χ0) is 18.7. The smallest absolute Gasteiger partial charge is 0.348 e. The molecule has 6 nitrogen and oxygen atoms in total. The van der Waals surface area contributed by atoms with Gasteiger partial charge in [0.25, 0.3) is 0 Å². The van der Waals surface area contributed by atoms with Gasteiger partial charge in [0.05, 0.1) is 11.5 Å². The highest BCUT2D eigenvalue weighted by Crippen LogP contribution is 2.30. The summed E-state index contributed by atoms with van der Waals surface area (Å²) in [4.78, 5) is 12.7. The average Bonchev–Trinajstić information content (AvgIpc) is 3.06. The zero-order valence-electron chi connectivity index (χ0n) is 15.4. The summed E-state index contributed by atoms with van der Waals surface area (Å²) < 4.78 is 33.4. The summed E-state index contributed by atoms with van der Waals surface area (Å²) in [5.41, 5.74) is 0. The Morgan fingerprint density at radius 3 is 2.63 bits per heavy atom. The van der Waals surface area contributed by atoms with Crippen LogP contribution in [0.5, 0.6) is 0 Å². The van der Waals surface area contributed by atoms with Crippen LogP contribution >= 0.6 is 23.7 Å². The predicted molar refractivity (Wildman–Crippen MR) is 110 cm³/mol. The number of ether oxygens (including phenoxy) is 1. The van der Waals surface area contributed by atoms with Crippen molar-refractivity contribution in [3.05, 3.63) is 29.1 Å². The molecule has 150 valence electrons. The topological polar surface area (TPSA) is 75.7 Å². The molecule has 1 saturated heterocycles. The number of rotatable bonds is 6. The lowest BCUT2D eigenvalue weighted by Gasteiger charge is -2.31. The van der Waals surface area contributed by atoms with Crippen molar-refractivity contribution in [1.29, 1.82) is 0 Å². The van der Waals surface area contributed by atoms with Crippen molar-refractivity contribution in [3.8, 4) is 0 Å². The van der Waals surface area contributed by atoms with Crippen LogP contribution in [0.2, 0.25) is 0 Å². The largest absolute Gasteiger partial charge is 0.462 e. The van der Waals surface area contributed by atoms with Crippen LogP contribution in [0.3, 0.4) is 0 Å². The Bertz CT molecular complexity index is 890. The molecule has 0 amide bonds. The number of nitrogens with one attached hydrogen (secondary N) is 1. The number of piperidine rings is 1. The number of sulfonamides is 1. The number of carbonyl (C=O) groups excluding carboxylic acids is 1. The Morgan fingerprint density at radius 1 is 1.30 bits per heavy atom. The molecule has 2 heterocycles. The lowest BCUT2D eigenvalue weighted by Crippen LogP contribution is -2.40. The van der Waals surface area contributed by atoms with Gasteiger partial charge < -0.3 is 10.1 Å². The van der Waals surface area contributed by atoms with Gasteiger partial charge in [0.15, 0.2) is 0 Å². The highest BCUT2D eigenvalue weighted by Gasteiger charge is 2.29. The Hall–Kier alpha value is -1.19. The molecular weight excluding hydrogens is 408 g/mol. The van der Waals surface area contributed by atoms with Gasteiger partial charge in [0, 0.05) is 17.8 Å². The number of esters is 1. The van der Waals surface area contributed by atoms with E-state index in [0.29, 0.717) is 30.5 Å². The van der Waals surface area contributed by atoms with E-state index in [1.165, 1.54) is 11.3 Å². The third-order valence-corrected chi connectivity index (χ3v) is 7.66. The Labute approximate surface area is 170 Å². The molecule has 2 aromatic rings. The fraction of sp³-hybridized carbons (Fsp3) is 0.500. The van der Waals surface area contributed by atoms with Crippen LogP contribution in [-0.2, 0) is 14.8 Å². The van der Waals surface area contributed by atoms with Crippen LogP contribution in [0.15, 0.2) is 29.2 Å².